The second-order valence-corrected chi connectivity index (χ2v) is 4.37. The van der Waals surface area contributed by atoms with Crippen LogP contribution < -0.4 is 0 Å². The summed E-state index contributed by atoms with van der Waals surface area (Å²) in [5.74, 6) is -0.469. The number of amides is 1. The summed E-state index contributed by atoms with van der Waals surface area (Å²) in [6.45, 7) is 0. The van der Waals surface area contributed by atoms with Gasteiger partial charge in [-0.25, -0.2) is 5.06 Å². The number of oxime groups is 1. The fourth-order valence-electron chi connectivity index (χ4n) is 2.21. The van der Waals surface area contributed by atoms with E-state index in [1.807, 2.05) is 0 Å². The molecule has 1 saturated carbocycles. The number of hydrogen-bond donors (Lipinski definition) is 2. The third-order valence-electron chi connectivity index (χ3n) is 3.20. The van der Waals surface area contributed by atoms with Gasteiger partial charge in [-0.3, -0.25) is 10.0 Å². The lowest BCUT2D eigenvalue weighted by molar-refractivity contribution is -0.0760. The largest absolute Gasteiger partial charge is 0.411 e. The number of carbonyl (C=O) groups is 1. The molecule has 0 bridgehead atoms. The Kier molecular flexibility index (Phi) is 3.94. The molecule has 0 saturated heterocycles. The Morgan fingerprint density at radius 2 is 2.00 bits per heavy atom. The van der Waals surface area contributed by atoms with Gasteiger partial charge in [-0.1, -0.05) is 29.8 Å². The van der Waals surface area contributed by atoms with Crippen molar-refractivity contribution in [3.8, 4) is 0 Å². The molecule has 1 aliphatic rings. The first-order valence-electron chi connectivity index (χ1n) is 6.02. The van der Waals surface area contributed by atoms with E-state index in [1.54, 1.807) is 30.3 Å². The van der Waals surface area contributed by atoms with Crippen LogP contribution in [0.1, 0.15) is 36.0 Å². The topological polar surface area (TPSA) is 73.1 Å². The molecule has 2 N–H and O–H groups in total. The van der Waals surface area contributed by atoms with Crippen molar-refractivity contribution in [1.29, 1.82) is 0 Å². The van der Waals surface area contributed by atoms with Gasteiger partial charge >= 0.3 is 0 Å². The molecular weight excluding hydrogens is 232 g/mol. The predicted octanol–water partition coefficient (Wildman–Crippen LogP) is 2.29. The van der Waals surface area contributed by atoms with Gasteiger partial charge in [0, 0.05) is 5.56 Å². The summed E-state index contributed by atoms with van der Waals surface area (Å²) in [4.78, 5) is 12.0. The fraction of sp³-hybridized carbons (Fsp3) is 0.385. The first kappa shape index (κ1) is 12.6. The summed E-state index contributed by atoms with van der Waals surface area (Å²) < 4.78 is 0. The Bertz CT molecular complexity index is 445. The Labute approximate surface area is 105 Å². The van der Waals surface area contributed by atoms with Crippen LogP contribution in [0, 0.1) is 0 Å². The van der Waals surface area contributed by atoms with Crippen molar-refractivity contribution in [2.24, 2.45) is 5.16 Å². The molecule has 1 aromatic carbocycles. The lowest BCUT2D eigenvalue weighted by Crippen LogP contribution is -2.44. The monoisotopic (exact) mass is 248 g/mol. The molecule has 1 amide bonds. The molecule has 0 spiro atoms. The number of rotatable bonds is 2. The summed E-state index contributed by atoms with van der Waals surface area (Å²) in [7, 11) is 0. The molecule has 1 atom stereocenters. The molecule has 0 radical (unpaired) electrons. The van der Waals surface area contributed by atoms with Gasteiger partial charge in [0.05, 0.1) is 5.71 Å². The Hall–Kier alpha value is -1.88. The highest BCUT2D eigenvalue weighted by molar-refractivity contribution is 5.98. The van der Waals surface area contributed by atoms with Crippen molar-refractivity contribution in [2.75, 3.05) is 0 Å². The molecule has 5 heteroatoms. The minimum absolute atomic E-state index is 0.419. The summed E-state index contributed by atoms with van der Waals surface area (Å²) in [5.41, 5.74) is 0.885. The predicted molar refractivity (Wildman–Crippen MR) is 65.9 cm³/mol. The molecule has 2 rings (SSSR count). The maximum atomic E-state index is 12.0. The Balaban J connectivity index is 2.15. The number of hydrogen-bond acceptors (Lipinski definition) is 4. The van der Waals surface area contributed by atoms with Gasteiger partial charge in [0.2, 0.25) is 0 Å². The van der Waals surface area contributed by atoms with Crippen molar-refractivity contribution in [3.63, 3.8) is 0 Å². The maximum Gasteiger partial charge on any atom is 0.277 e. The van der Waals surface area contributed by atoms with E-state index >= 15 is 0 Å². The van der Waals surface area contributed by atoms with Crippen molar-refractivity contribution in [2.45, 2.75) is 31.7 Å². The zero-order valence-corrected chi connectivity index (χ0v) is 9.99. The highest BCUT2D eigenvalue weighted by Gasteiger charge is 2.30. The van der Waals surface area contributed by atoms with Crippen LogP contribution in [0.2, 0.25) is 0 Å². The fourth-order valence-corrected chi connectivity index (χ4v) is 2.21. The molecule has 96 valence electrons. The third-order valence-corrected chi connectivity index (χ3v) is 3.20. The lowest BCUT2D eigenvalue weighted by atomic mass is 9.93. The van der Waals surface area contributed by atoms with Crippen molar-refractivity contribution >= 4 is 11.6 Å². The highest BCUT2D eigenvalue weighted by Crippen LogP contribution is 2.21. The molecular formula is C13H16N2O3. The van der Waals surface area contributed by atoms with Crippen LogP contribution in [0.25, 0.3) is 0 Å². The molecule has 0 aromatic heterocycles. The molecule has 18 heavy (non-hydrogen) atoms. The third kappa shape index (κ3) is 2.51. The van der Waals surface area contributed by atoms with Crippen LogP contribution in [0.3, 0.4) is 0 Å². The van der Waals surface area contributed by atoms with Crippen LogP contribution in [0.4, 0.5) is 0 Å². The Morgan fingerprint density at radius 1 is 1.28 bits per heavy atom. The first-order chi connectivity index (χ1) is 8.74. The zero-order valence-electron chi connectivity index (χ0n) is 9.99. The number of hydroxylamine groups is 2. The molecule has 1 fully saturated rings. The Morgan fingerprint density at radius 3 is 2.67 bits per heavy atom. The van der Waals surface area contributed by atoms with Crippen molar-refractivity contribution in [1.82, 2.24) is 5.06 Å². The minimum atomic E-state index is -0.517. The second kappa shape index (κ2) is 5.64. The SMILES string of the molecule is O=C(c1ccccc1)N(O)C1CCCC/C1=N/O. The van der Waals surface area contributed by atoms with Gasteiger partial charge in [-0.2, -0.15) is 0 Å². The molecule has 5 nitrogen and oxygen atoms in total. The minimum Gasteiger partial charge on any atom is -0.411 e. The maximum absolute atomic E-state index is 12.0. The summed E-state index contributed by atoms with van der Waals surface area (Å²) in [6, 6.07) is 8.05. The quantitative estimate of drug-likeness (QED) is 0.479. The normalized spacial score (nSPS) is 21.8. The van der Waals surface area contributed by atoms with E-state index < -0.39 is 11.9 Å². The summed E-state index contributed by atoms with van der Waals surface area (Å²) >= 11 is 0. The first-order valence-corrected chi connectivity index (χ1v) is 6.02. The van der Waals surface area contributed by atoms with Gasteiger partial charge in [0.25, 0.3) is 5.91 Å². The van der Waals surface area contributed by atoms with Crippen molar-refractivity contribution in [3.05, 3.63) is 35.9 Å². The van der Waals surface area contributed by atoms with Crippen LogP contribution in [0.5, 0.6) is 0 Å². The molecule has 0 aliphatic heterocycles. The molecule has 1 aliphatic carbocycles. The summed E-state index contributed by atoms with van der Waals surface area (Å²) in [5, 5.41) is 22.8. The van der Waals surface area contributed by atoms with E-state index in [0.717, 1.165) is 12.8 Å². The summed E-state index contributed by atoms with van der Waals surface area (Å²) in [6.07, 6.45) is 3.06. The molecule has 1 aromatic rings. The van der Waals surface area contributed by atoms with Crippen molar-refractivity contribution < 1.29 is 15.2 Å². The van der Waals surface area contributed by atoms with E-state index in [-0.39, 0.29) is 0 Å². The average Bonchev–Trinajstić information content (AvgIpc) is 2.46. The lowest BCUT2D eigenvalue weighted by Gasteiger charge is -2.29. The van der Waals surface area contributed by atoms with Gasteiger partial charge in [-0.05, 0) is 31.4 Å². The van der Waals surface area contributed by atoms with Crippen LogP contribution >= 0.6 is 0 Å². The second-order valence-electron chi connectivity index (χ2n) is 4.37. The van der Waals surface area contributed by atoms with E-state index in [9.17, 15) is 10.0 Å². The smallest absolute Gasteiger partial charge is 0.277 e. The van der Waals surface area contributed by atoms with Gasteiger partial charge in [-0.15, -0.1) is 0 Å². The standard InChI is InChI=1S/C13H16N2O3/c16-13(10-6-2-1-3-7-10)15(18)12-9-5-4-8-11(12)14-17/h1-3,6-7,12,17-18H,4-5,8-9H2/b14-11-. The molecule has 1 unspecified atom stereocenters. The zero-order chi connectivity index (χ0) is 13.0. The average molecular weight is 248 g/mol. The number of carbonyl (C=O) groups excluding carboxylic acids is 1. The molecule has 0 heterocycles. The van der Waals surface area contributed by atoms with E-state index in [0.29, 0.717) is 29.2 Å². The van der Waals surface area contributed by atoms with Crippen LogP contribution in [0.15, 0.2) is 35.5 Å². The van der Waals surface area contributed by atoms with Gasteiger partial charge in [0.1, 0.15) is 6.04 Å². The number of benzene rings is 1. The van der Waals surface area contributed by atoms with E-state index in [1.165, 1.54) is 0 Å². The van der Waals surface area contributed by atoms with Gasteiger partial charge < -0.3 is 5.21 Å². The van der Waals surface area contributed by atoms with E-state index in [4.69, 9.17) is 5.21 Å². The van der Waals surface area contributed by atoms with Crippen LogP contribution in [-0.4, -0.2) is 33.1 Å². The number of nitrogens with zero attached hydrogens (tertiary/aromatic N) is 2. The van der Waals surface area contributed by atoms with E-state index in [2.05, 4.69) is 5.16 Å². The van der Waals surface area contributed by atoms with Gasteiger partial charge in [0.15, 0.2) is 0 Å². The highest BCUT2D eigenvalue weighted by atomic mass is 16.5. The van der Waals surface area contributed by atoms with Crippen LogP contribution in [-0.2, 0) is 0 Å².